The van der Waals surface area contributed by atoms with E-state index >= 15 is 0 Å². The summed E-state index contributed by atoms with van der Waals surface area (Å²) < 4.78 is 32.1. The van der Waals surface area contributed by atoms with Crippen LogP contribution in [-0.2, 0) is 14.8 Å². The summed E-state index contributed by atoms with van der Waals surface area (Å²) in [7, 11) is -3.32. The van der Waals surface area contributed by atoms with E-state index < -0.39 is 10.0 Å². The van der Waals surface area contributed by atoms with E-state index in [1.54, 1.807) is 0 Å². The highest BCUT2D eigenvalue weighted by Gasteiger charge is 2.45. The van der Waals surface area contributed by atoms with Crippen LogP contribution in [0, 0.1) is 0 Å². The monoisotopic (exact) mass is 310 g/mol. The Balaban J connectivity index is 1.86. The van der Waals surface area contributed by atoms with Crippen LogP contribution in [0.1, 0.15) is 19.3 Å². The Morgan fingerprint density at radius 3 is 2.52 bits per heavy atom. The maximum absolute atomic E-state index is 12.2. The van der Waals surface area contributed by atoms with Gasteiger partial charge in [-0.15, -0.1) is 0 Å². The largest absolute Gasteiger partial charge is 0.373 e. The topological polar surface area (TPSA) is 58.6 Å². The number of hydrogen-bond donors (Lipinski definition) is 1. The second-order valence-corrected chi connectivity index (χ2v) is 7.86. The zero-order valence-corrected chi connectivity index (χ0v) is 13.1. The van der Waals surface area contributed by atoms with E-state index in [2.05, 4.69) is 5.32 Å². The number of piperidine rings is 1. The molecule has 2 heterocycles. The molecule has 1 aromatic carbocycles. The van der Waals surface area contributed by atoms with E-state index in [0.717, 1.165) is 38.0 Å². The molecule has 1 aromatic rings. The number of anilines is 1. The normalized spacial score (nSPS) is 25.1. The summed E-state index contributed by atoms with van der Waals surface area (Å²) in [4.78, 5) is 0. The molecule has 2 aliphatic heterocycles. The predicted molar refractivity (Wildman–Crippen MR) is 83.0 cm³/mol. The SMILES string of the molecule is CS(=O)(=O)N(c1ccccc1)C1COC2(CCNCC2)C1. The lowest BCUT2D eigenvalue weighted by Crippen LogP contribution is -2.44. The van der Waals surface area contributed by atoms with Crippen molar-refractivity contribution in [3.8, 4) is 0 Å². The molecule has 116 valence electrons. The third kappa shape index (κ3) is 3.07. The van der Waals surface area contributed by atoms with Crippen LogP contribution in [0.25, 0.3) is 0 Å². The predicted octanol–water partition coefficient (Wildman–Crippen LogP) is 1.36. The minimum Gasteiger partial charge on any atom is -0.373 e. The molecule has 6 heteroatoms. The van der Waals surface area contributed by atoms with E-state index in [9.17, 15) is 8.42 Å². The number of rotatable bonds is 3. The molecule has 2 saturated heterocycles. The van der Waals surface area contributed by atoms with E-state index in [4.69, 9.17) is 4.74 Å². The molecular weight excluding hydrogens is 288 g/mol. The Morgan fingerprint density at radius 1 is 1.24 bits per heavy atom. The molecule has 3 rings (SSSR count). The molecule has 0 aliphatic carbocycles. The van der Waals surface area contributed by atoms with E-state index in [-0.39, 0.29) is 11.6 Å². The molecule has 0 aromatic heterocycles. The van der Waals surface area contributed by atoms with Crippen molar-refractivity contribution in [1.29, 1.82) is 0 Å². The van der Waals surface area contributed by atoms with Gasteiger partial charge in [0, 0.05) is 6.42 Å². The van der Waals surface area contributed by atoms with Crippen LogP contribution in [0.4, 0.5) is 5.69 Å². The molecule has 1 unspecified atom stereocenters. The van der Waals surface area contributed by atoms with Crippen LogP contribution in [0.2, 0.25) is 0 Å². The van der Waals surface area contributed by atoms with Crippen LogP contribution in [0.3, 0.4) is 0 Å². The van der Waals surface area contributed by atoms with Crippen molar-refractivity contribution in [1.82, 2.24) is 5.32 Å². The van der Waals surface area contributed by atoms with Gasteiger partial charge in [-0.1, -0.05) is 18.2 Å². The average Bonchev–Trinajstić information content (AvgIpc) is 2.82. The van der Waals surface area contributed by atoms with Crippen LogP contribution in [-0.4, -0.2) is 46.0 Å². The zero-order valence-electron chi connectivity index (χ0n) is 12.3. The van der Waals surface area contributed by atoms with Gasteiger partial charge in [-0.2, -0.15) is 0 Å². The lowest BCUT2D eigenvalue weighted by molar-refractivity contribution is -0.0192. The van der Waals surface area contributed by atoms with Crippen LogP contribution in [0.5, 0.6) is 0 Å². The van der Waals surface area contributed by atoms with Crippen molar-refractivity contribution in [3.05, 3.63) is 30.3 Å². The van der Waals surface area contributed by atoms with Gasteiger partial charge in [0.1, 0.15) is 0 Å². The fourth-order valence-electron chi connectivity index (χ4n) is 3.45. The smallest absolute Gasteiger partial charge is 0.232 e. The van der Waals surface area contributed by atoms with Crippen molar-refractivity contribution in [2.45, 2.75) is 30.9 Å². The molecule has 1 atom stereocenters. The van der Waals surface area contributed by atoms with Gasteiger partial charge < -0.3 is 10.1 Å². The highest BCUT2D eigenvalue weighted by Crippen LogP contribution is 2.38. The van der Waals surface area contributed by atoms with E-state index in [1.807, 2.05) is 30.3 Å². The third-order valence-electron chi connectivity index (χ3n) is 4.40. The van der Waals surface area contributed by atoms with Crippen LogP contribution < -0.4 is 9.62 Å². The summed E-state index contributed by atoms with van der Waals surface area (Å²) >= 11 is 0. The maximum atomic E-state index is 12.2. The van der Waals surface area contributed by atoms with Gasteiger partial charge >= 0.3 is 0 Å². The molecule has 21 heavy (non-hydrogen) atoms. The van der Waals surface area contributed by atoms with Crippen molar-refractivity contribution in [2.75, 3.05) is 30.3 Å². The van der Waals surface area contributed by atoms with Crippen LogP contribution >= 0.6 is 0 Å². The quantitative estimate of drug-likeness (QED) is 0.916. The van der Waals surface area contributed by atoms with Crippen molar-refractivity contribution in [2.24, 2.45) is 0 Å². The molecule has 2 fully saturated rings. The molecule has 0 amide bonds. The first-order chi connectivity index (χ1) is 10.0. The van der Waals surface area contributed by atoms with Crippen LogP contribution in [0.15, 0.2) is 30.3 Å². The third-order valence-corrected chi connectivity index (χ3v) is 5.63. The first-order valence-electron chi connectivity index (χ1n) is 7.39. The van der Waals surface area contributed by atoms with Gasteiger partial charge in [0.25, 0.3) is 0 Å². The summed E-state index contributed by atoms with van der Waals surface area (Å²) in [5.74, 6) is 0. The second kappa shape index (κ2) is 5.59. The molecule has 0 bridgehead atoms. The Kier molecular flexibility index (Phi) is 3.94. The van der Waals surface area contributed by atoms with Crippen molar-refractivity contribution >= 4 is 15.7 Å². The summed E-state index contributed by atoms with van der Waals surface area (Å²) in [6.07, 6.45) is 3.95. The lowest BCUT2D eigenvalue weighted by Gasteiger charge is -2.34. The molecule has 0 saturated carbocycles. The first kappa shape index (κ1) is 14.8. The minimum atomic E-state index is -3.32. The zero-order chi connectivity index (χ0) is 14.9. The second-order valence-electron chi connectivity index (χ2n) is 6.00. The van der Waals surface area contributed by atoms with E-state index in [1.165, 1.54) is 10.6 Å². The number of benzene rings is 1. The Hall–Kier alpha value is -1.11. The molecular formula is C15H22N2O3S. The molecule has 1 N–H and O–H groups in total. The Morgan fingerprint density at radius 2 is 1.90 bits per heavy atom. The average molecular weight is 310 g/mol. The van der Waals surface area contributed by atoms with Crippen molar-refractivity contribution in [3.63, 3.8) is 0 Å². The summed E-state index contributed by atoms with van der Waals surface area (Å²) in [5.41, 5.74) is 0.577. The number of hydrogen-bond acceptors (Lipinski definition) is 4. The van der Waals surface area contributed by atoms with Gasteiger partial charge in [-0.25, -0.2) is 8.42 Å². The Bertz CT molecular complexity index is 582. The summed E-state index contributed by atoms with van der Waals surface area (Å²) in [6, 6.07) is 9.19. The minimum absolute atomic E-state index is 0.111. The number of nitrogens with one attached hydrogen (secondary N) is 1. The number of ether oxygens (including phenoxy) is 1. The van der Waals surface area contributed by atoms with Gasteiger partial charge in [0.15, 0.2) is 0 Å². The van der Waals surface area contributed by atoms with Gasteiger partial charge in [-0.05, 0) is 38.1 Å². The number of para-hydroxylation sites is 1. The maximum Gasteiger partial charge on any atom is 0.232 e. The fraction of sp³-hybridized carbons (Fsp3) is 0.600. The summed E-state index contributed by atoms with van der Waals surface area (Å²) in [5, 5.41) is 3.33. The standard InChI is InChI=1S/C15H22N2O3S/c1-21(18,19)17(13-5-3-2-4-6-13)14-11-15(20-12-14)7-9-16-10-8-15/h2-6,14,16H,7-12H2,1H3. The Labute approximate surface area is 126 Å². The summed E-state index contributed by atoms with van der Waals surface area (Å²) in [6.45, 7) is 2.36. The molecule has 2 aliphatic rings. The lowest BCUT2D eigenvalue weighted by atomic mass is 9.88. The van der Waals surface area contributed by atoms with E-state index in [0.29, 0.717) is 6.61 Å². The number of nitrogens with zero attached hydrogens (tertiary/aromatic N) is 1. The molecule has 1 spiro atoms. The molecule has 5 nitrogen and oxygen atoms in total. The highest BCUT2D eigenvalue weighted by atomic mass is 32.2. The highest BCUT2D eigenvalue weighted by molar-refractivity contribution is 7.92. The van der Waals surface area contributed by atoms with Gasteiger partial charge in [0.2, 0.25) is 10.0 Å². The first-order valence-corrected chi connectivity index (χ1v) is 9.24. The molecule has 0 radical (unpaired) electrons. The van der Waals surface area contributed by atoms with Gasteiger partial charge in [-0.3, -0.25) is 4.31 Å². The number of sulfonamides is 1. The van der Waals surface area contributed by atoms with Crippen molar-refractivity contribution < 1.29 is 13.2 Å². The van der Waals surface area contributed by atoms with Gasteiger partial charge in [0.05, 0.1) is 30.2 Å². The fourth-order valence-corrected chi connectivity index (χ4v) is 4.63.